The number of nitrogens with zero attached hydrogens (tertiary/aromatic N) is 3. The predicted molar refractivity (Wildman–Crippen MR) is 182 cm³/mol. The molecule has 2 aliphatic carbocycles. The monoisotopic (exact) mass is 687 g/mol. The molecule has 0 radical (unpaired) electrons. The van der Waals surface area contributed by atoms with E-state index in [0.717, 1.165) is 49.8 Å². The van der Waals surface area contributed by atoms with Crippen LogP contribution < -0.4 is 15.4 Å². The lowest BCUT2D eigenvalue weighted by atomic mass is 10.0. The maximum atomic E-state index is 14.4. The Morgan fingerprint density at radius 2 is 1.76 bits per heavy atom. The van der Waals surface area contributed by atoms with Gasteiger partial charge < -0.3 is 30.1 Å². The molecule has 1 saturated heterocycles. The molecule has 3 aromatic rings. The van der Waals surface area contributed by atoms with Crippen LogP contribution in [0.15, 0.2) is 53.9 Å². The fraction of sp³-hybridized carbons (Fsp3) is 0.500. The molecule has 49 heavy (non-hydrogen) atoms. The summed E-state index contributed by atoms with van der Waals surface area (Å²) in [6, 6.07) is 9.37. The van der Waals surface area contributed by atoms with Gasteiger partial charge in [-0.2, -0.15) is 0 Å². The molecule has 0 unspecified atom stereocenters. The van der Waals surface area contributed by atoms with Gasteiger partial charge in [-0.25, -0.2) is 19.6 Å². The van der Waals surface area contributed by atoms with E-state index in [1.165, 1.54) is 16.2 Å². The molecular formula is C36H41N5O7S. The van der Waals surface area contributed by atoms with Gasteiger partial charge in [-0.05, 0) is 74.9 Å². The summed E-state index contributed by atoms with van der Waals surface area (Å²) in [5, 5.41) is 17.7. The fourth-order valence-electron chi connectivity index (χ4n) is 7.28. The third-order valence-electron chi connectivity index (χ3n) is 10.1. The van der Waals surface area contributed by atoms with Crippen molar-refractivity contribution in [2.45, 2.75) is 100 Å². The topological polar surface area (TPSA) is 160 Å². The van der Waals surface area contributed by atoms with E-state index in [2.05, 4.69) is 10.6 Å². The molecule has 3 fully saturated rings. The van der Waals surface area contributed by atoms with Crippen molar-refractivity contribution in [3.8, 4) is 16.5 Å². The molecule has 258 valence electrons. The van der Waals surface area contributed by atoms with Crippen LogP contribution >= 0.6 is 11.3 Å². The Kier molecular flexibility index (Phi) is 9.53. The van der Waals surface area contributed by atoms with Crippen LogP contribution in [0.5, 0.6) is 5.88 Å². The molecule has 4 aliphatic rings. The highest BCUT2D eigenvalue weighted by Gasteiger charge is 2.61. The summed E-state index contributed by atoms with van der Waals surface area (Å²) >= 11 is 1.50. The highest BCUT2D eigenvalue weighted by Crippen LogP contribution is 2.45. The van der Waals surface area contributed by atoms with Crippen LogP contribution in [0.2, 0.25) is 0 Å². The van der Waals surface area contributed by atoms with Gasteiger partial charge in [0.2, 0.25) is 17.7 Å². The van der Waals surface area contributed by atoms with Crippen LogP contribution in [-0.2, 0) is 19.1 Å². The second-order valence-corrected chi connectivity index (χ2v) is 14.4. The van der Waals surface area contributed by atoms with Gasteiger partial charge >= 0.3 is 12.1 Å². The summed E-state index contributed by atoms with van der Waals surface area (Å²) in [5.74, 6) is -2.15. The molecule has 2 aromatic heterocycles. The molecule has 3 N–H and O–H groups in total. The van der Waals surface area contributed by atoms with Gasteiger partial charge in [0, 0.05) is 12.3 Å². The quantitative estimate of drug-likeness (QED) is 0.295. The predicted octanol–water partition coefficient (Wildman–Crippen LogP) is 5.22. The number of nitrogens with one attached hydrogen (secondary N) is 2. The zero-order valence-corrected chi connectivity index (χ0v) is 28.0. The zero-order valence-electron chi connectivity index (χ0n) is 27.2. The van der Waals surface area contributed by atoms with Crippen LogP contribution in [0.3, 0.4) is 0 Å². The molecule has 13 heteroatoms. The summed E-state index contributed by atoms with van der Waals surface area (Å²) in [6.07, 6.45) is 9.83. The molecule has 4 heterocycles. The molecular weight excluding hydrogens is 646 g/mol. The maximum absolute atomic E-state index is 14.4. The summed E-state index contributed by atoms with van der Waals surface area (Å²) in [4.78, 5) is 65.8. The minimum atomic E-state index is -1.43. The molecule has 0 spiro atoms. The Bertz CT molecular complexity index is 1740. The lowest BCUT2D eigenvalue weighted by Crippen LogP contribution is -2.56. The molecule has 2 aliphatic heterocycles. The molecule has 1 aromatic carbocycles. The van der Waals surface area contributed by atoms with Gasteiger partial charge in [0.15, 0.2) is 0 Å². The van der Waals surface area contributed by atoms with E-state index in [-0.39, 0.29) is 37.3 Å². The first-order valence-electron chi connectivity index (χ1n) is 17.3. The standard InChI is InChI=1S/C36H41N5O7S/c42-31-28-19-24(47-32-30(29-17-10-18-49-29)37-25-14-8-9-15-26(25)38-32)21-41(28)33(43)27(39-35(46)48-23-12-6-7-13-23)16-5-3-1-2-4-11-22-20-36(22,40-31)34(44)45/h4,8-11,14-15,17-18,22-24,27-28H,1-3,5-7,12-13,16,19-21H2,(H,39,46)(H,40,42)(H,44,45)/b11-4-/t22-,24-,27+,28-,36-/m0/s1. The molecule has 12 nitrogen and oxygen atoms in total. The van der Waals surface area contributed by atoms with Gasteiger partial charge in [0.25, 0.3) is 0 Å². The molecule has 3 amide bonds. The van der Waals surface area contributed by atoms with Crippen molar-refractivity contribution in [2.24, 2.45) is 5.92 Å². The lowest BCUT2D eigenvalue weighted by molar-refractivity contribution is -0.145. The Hall–Kier alpha value is -4.52. The first-order valence-corrected chi connectivity index (χ1v) is 18.2. The number of benzene rings is 1. The summed E-state index contributed by atoms with van der Waals surface area (Å²) in [7, 11) is 0. The number of fused-ring (bicyclic) bond motifs is 3. The number of hydrogen-bond acceptors (Lipinski definition) is 9. The summed E-state index contributed by atoms with van der Waals surface area (Å²) in [6.45, 7) is 0.0363. The number of carbonyl (C=O) groups excluding carboxylic acids is 3. The number of allylic oxidation sites excluding steroid dienone is 1. The average Bonchev–Trinajstić information content (AvgIpc) is 3.58. The normalized spacial score (nSPS) is 28.4. The first kappa shape index (κ1) is 33.0. The van der Waals surface area contributed by atoms with Gasteiger partial charge in [-0.1, -0.05) is 43.2 Å². The van der Waals surface area contributed by atoms with Crippen molar-refractivity contribution in [2.75, 3.05) is 6.54 Å². The molecule has 0 bridgehead atoms. The van der Waals surface area contributed by atoms with E-state index in [1.54, 1.807) is 0 Å². The summed E-state index contributed by atoms with van der Waals surface area (Å²) in [5.41, 5.74) is 0.471. The first-order chi connectivity index (χ1) is 23.8. The van der Waals surface area contributed by atoms with Gasteiger partial charge in [0.1, 0.15) is 35.5 Å². The molecule has 5 atom stereocenters. The number of amides is 3. The van der Waals surface area contributed by atoms with Crippen LogP contribution in [0.25, 0.3) is 21.6 Å². The molecule has 2 saturated carbocycles. The highest BCUT2D eigenvalue weighted by atomic mass is 32.1. The number of alkyl carbamates (subject to hydrolysis) is 1. The van der Waals surface area contributed by atoms with Crippen molar-refractivity contribution < 1.29 is 33.8 Å². The number of para-hydroxylation sites is 2. The van der Waals surface area contributed by atoms with Crippen LogP contribution in [0.4, 0.5) is 4.79 Å². The van der Waals surface area contributed by atoms with E-state index >= 15 is 0 Å². The number of aromatic nitrogens is 2. The number of aliphatic carboxylic acids is 1. The number of carbonyl (C=O) groups is 4. The SMILES string of the molecule is O=C(N[C@@H]1CCCCC/C=C\[C@H]2C[C@]2(C(=O)O)NC(=O)[C@@H]2C[C@H](Oc3nc4ccccc4nc3-c3cccs3)CN2C1=O)OC1CCCC1. The summed E-state index contributed by atoms with van der Waals surface area (Å²) < 4.78 is 12.2. The number of ether oxygens (including phenoxy) is 2. The Labute approximate surface area is 288 Å². The van der Waals surface area contributed by atoms with Crippen molar-refractivity contribution in [3.63, 3.8) is 0 Å². The van der Waals surface area contributed by atoms with Crippen molar-refractivity contribution in [3.05, 3.63) is 53.9 Å². The second kappa shape index (κ2) is 14.1. The minimum absolute atomic E-state index is 0.0363. The lowest BCUT2D eigenvalue weighted by Gasteiger charge is -2.29. The van der Waals surface area contributed by atoms with Crippen molar-refractivity contribution >= 4 is 46.2 Å². The number of rotatable bonds is 6. The smallest absolute Gasteiger partial charge is 0.408 e. The second-order valence-electron chi connectivity index (χ2n) is 13.5. The maximum Gasteiger partial charge on any atom is 0.408 e. The third kappa shape index (κ3) is 7.12. The van der Waals surface area contributed by atoms with Crippen molar-refractivity contribution in [1.29, 1.82) is 0 Å². The van der Waals surface area contributed by atoms with Crippen LogP contribution in [-0.4, -0.2) is 80.2 Å². The fourth-order valence-corrected chi connectivity index (χ4v) is 7.98. The van der Waals surface area contributed by atoms with Gasteiger partial charge in [-0.15, -0.1) is 11.3 Å². The minimum Gasteiger partial charge on any atom is -0.479 e. The van der Waals surface area contributed by atoms with Gasteiger partial charge in [-0.3, -0.25) is 9.59 Å². The van der Waals surface area contributed by atoms with Gasteiger partial charge in [0.05, 0.1) is 22.5 Å². The highest BCUT2D eigenvalue weighted by molar-refractivity contribution is 7.13. The molecule has 7 rings (SSSR count). The number of carboxylic acids is 1. The number of thiophene rings is 1. The Balaban J connectivity index is 1.19. The number of carboxylic acid groups (broad SMARTS) is 1. The van der Waals surface area contributed by atoms with E-state index in [9.17, 15) is 24.3 Å². The Morgan fingerprint density at radius 3 is 2.51 bits per heavy atom. The zero-order chi connectivity index (χ0) is 34.0. The van der Waals surface area contributed by atoms with E-state index in [1.807, 2.05) is 53.9 Å². The Morgan fingerprint density at radius 1 is 0.980 bits per heavy atom. The van der Waals surface area contributed by atoms with Crippen LogP contribution in [0, 0.1) is 5.92 Å². The third-order valence-corrected chi connectivity index (χ3v) is 10.9. The van der Waals surface area contributed by atoms with E-state index in [4.69, 9.17) is 19.4 Å². The van der Waals surface area contributed by atoms with E-state index in [0.29, 0.717) is 29.6 Å². The average molecular weight is 688 g/mol. The van der Waals surface area contributed by atoms with E-state index < -0.39 is 47.6 Å². The van der Waals surface area contributed by atoms with Crippen LogP contribution in [0.1, 0.15) is 70.6 Å². The largest absolute Gasteiger partial charge is 0.479 e. The van der Waals surface area contributed by atoms with Crippen molar-refractivity contribution in [1.82, 2.24) is 25.5 Å². The number of hydrogen-bond donors (Lipinski definition) is 3.